The lowest BCUT2D eigenvalue weighted by atomic mass is 9.97. The van der Waals surface area contributed by atoms with Crippen molar-refractivity contribution in [2.24, 2.45) is 5.92 Å². The maximum atomic E-state index is 12.7. The van der Waals surface area contributed by atoms with Crippen molar-refractivity contribution in [2.75, 3.05) is 25.0 Å². The highest BCUT2D eigenvalue weighted by atomic mass is 32.2. The van der Waals surface area contributed by atoms with Gasteiger partial charge in [0.25, 0.3) is 10.0 Å². The summed E-state index contributed by atoms with van der Waals surface area (Å²) in [6, 6.07) is 10.8. The van der Waals surface area contributed by atoms with Gasteiger partial charge in [-0.1, -0.05) is 18.2 Å². The van der Waals surface area contributed by atoms with E-state index in [2.05, 4.69) is 5.32 Å². The van der Waals surface area contributed by atoms with Gasteiger partial charge in [-0.15, -0.1) is 11.3 Å². The first-order valence-corrected chi connectivity index (χ1v) is 12.3. The summed E-state index contributed by atoms with van der Waals surface area (Å²) in [6.07, 6.45) is 0.980. The number of benzene rings is 1. The van der Waals surface area contributed by atoms with Crippen molar-refractivity contribution in [1.82, 2.24) is 9.21 Å². The molecule has 2 heterocycles. The lowest BCUT2D eigenvalue weighted by Gasteiger charge is -2.30. The van der Waals surface area contributed by atoms with Gasteiger partial charge in [-0.05, 0) is 48.9 Å². The van der Waals surface area contributed by atoms with Crippen LogP contribution in [0.2, 0.25) is 0 Å². The number of sulfonamides is 1. The van der Waals surface area contributed by atoms with Gasteiger partial charge in [-0.25, -0.2) is 8.42 Å². The van der Waals surface area contributed by atoms with Gasteiger partial charge in [0.2, 0.25) is 11.8 Å². The number of rotatable bonds is 7. The van der Waals surface area contributed by atoms with Crippen LogP contribution in [-0.2, 0) is 26.2 Å². The van der Waals surface area contributed by atoms with Gasteiger partial charge >= 0.3 is 0 Å². The SMILES string of the molecule is CCN(Cc1cccc(NC(=O)C2CCN(S(=O)(=O)c3cccs3)CC2)c1)C(C)=O. The molecule has 1 fully saturated rings. The van der Waals surface area contributed by atoms with Crippen LogP contribution in [0.3, 0.4) is 0 Å². The normalized spacial score (nSPS) is 15.7. The van der Waals surface area contributed by atoms with E-state index < -0.39 is 10.0 Å². The molecule has 1 aliphatic heterocycles. The third kappa shape index (κ3) is 5.27. The fourth-order valence-electron chi connectivity index (χ4n) is 3.55. The molecule has 0 unspecified atom stereocenters. The van der Waals surface area contributed by atoms with Crippen LogP contribution >= 0.6 is 11.3 Å². The monoisotopic (exact) mass is 449 g/mol. The molecule has 1 aliphatic rings. The topological polar surface area (TPSA) is 86.8 Å². The zero-order chi connectivity index (χ0) is 21.7. The van der Waals surface area contributed by atoms with Crippen molar-refractivity contribution < 1.29 is 18.0 Å². The highest BCUT2D eigenvalue weighted by Gasteiger charge is 2.32. The molecule has 1 aromatic carbocycles. The van der Waals surface area contributed by atoms with E-state index in [1.54, 1.807) is 29.3 Å². The van der Waals surface area contributed by atoms with Crippen molar-refractivity contribution in [3.63, 3.8) is 0 Å². The number of carbonyl (C=O) groups excluding carboxylic acids is 2. The summed E-state index contributed by atoms with van der Waals surface area (Å²) in [4.78, 5) is 26.1. The predicted octanol–water partition coefficient (Wildman–Crippen LogP) is 3.16. The maximum Gasteiger partial charge on any atom is 0.252 e. The molecule has 1 aromatic heterocycles. The minimum absolute atomic E-state index is 0.0104. The first-order chi connectivity index (χ1) is 14.3. The average Bonchev–Trinajstić information content (AvgIpc) is 3.28. The molecule has 2 aromatic rings. The predicted molar refractivity (Wildman–Crippen MR) is 118 cm³/mol. The molecule has 1 saturated heterocycles. The van der Waals surface area contributed by atoms with Gasteiger partial charge in [-0.2, -0.15) is 4.31 Å². The highest BCUT2D eigenvalue weighted by Crippen LogP contribution is 2.27. The second-order valence-electron chi connectivity index (χ2n) is 7.33. The summed E-state index contributed by atoms with van der Waals surface area (Å²) in [5.41, 5.74) is 1.63. The van der Waals surface area contributed by atoms with Crippen LogP contribution in [-0.4, -0.2) is 49.1 Å². The van der Waals surface area contributed by atoms with Crippen LogP contribution in [0.1, 0.15) is 32.3 Å². The van der Waals surface area contributed by atoms with Gasteiger partial charge in [0, 0.05) is 44.7 Å². The highest BCUT2D eigenvalue weighted by molar-refractivity contribution is 7.91. The lowest BCUT2D eigenvalue weighted by molar-refractivity contribution is -0.129. The number of nitrogens with one attached hydrogen (secondary N) is 1. The Morgan fingerprint density at radius 1 is 1.20 bits per heavy atom. The van der Waals surface area contributed by atoms with E-state index in [0.29, 0.717) is 48.9 Å². The third-order valence-electron chi connectivity index (χ3n) is 5.31. The Morgan fingerprint density at radius 3 is 2.53 bits per heavy atom. The number of piperidine rings is 1. The molecule has 0 spiro atoms. The van der Waals surface area contributed by atoms with Crippen molar-refractivity contribution in [3.8, 4) is 0 Å². The second-order valence-corrected chi connectivity index (χ2v) is 10.4. The number of amides is 2. The number of hydrogen-bond acceptors (Lipinski definition) is 5. The molecular weight excluding hydrogens is 422 g/mol. The van der Waals surface area contributed by atoms with Crippen LogP contribution in [0.15, 0.2) is 46.0 Å². The van der Waals surface area contributed by atoms with Crippen LogP contribution in [0, 0.1) is 5.92 Å². The summed E-state index contributed by atoms with van der Waals surface area (Å²) in [7, 11) is -3.47. The molecule has 0 aliphatic carbocycles. The first-order valence-electron chi connectivity index (χ1n) is 10.00. The van der Waals surface area contributed by atoms with E-state index in [0.717, 1.165) is 5.56 Å². The van der Waals surface area contributed by atoms with Crippen molar-refractivity contribution >= 4 is 38.9 Å². The summed E-state index contributed by atoms with van der Waals surface area (Å²) in [5.74, 6) is -0.316. The molecule has 0 atom stereocenters. The largest absolute Gasteiger partial charge is 0.339 e. The Labute approximate surface area is 181 Å². The third-order valence-corrected chi connectivity index (χ3v) is 8.58. The molecule has 0 bridgehead atoms. The van der Waals surface area contributed by atoms with Crippen molar-refractivity contribution in [3.05, 3.63) is 47.3 Å². The maximum absolute atomic E-state index is 12.7. The fourth-order valence-corrected chi connectivity index (χ4v) is 6.17. The Morgan fingerprint density at radius 2 is 1.93 bits per heavy atom. The molecule has 3 rings (SSSR count). The Kier molecular flexibility index (Phi) is 7.27. The molecule has 9 heteroatoms. The molecule has 30 heavy (non-hydrogen) atoms. The first kappa shape index (κ1) is 22.5. The Bertz CT molecular complexity index is 981. The van der Waals surface area contributed by atoms with Crippen LogP contribution in [0.25, 0.3) is 0 Å². The average molecular weight is 450 g/mol. The Hall–Kier alpha value is -2.23. The van der Waals surface area contributed by atoms with E-state index in [9.17, 15) is 18.0 Å². The second kappa shape index (κ2) is 9.72. The lowest BCUT2D eigenvalue weighted by Crippen LogP contribution is -2.41. The molecule has 7 nitrogen and oxygen atoms in total. The van der Waals surface area contributed by atoms with Gasteiger partial charge in [-0.3, -0.25) is 9.59 Å². The van der Waals surface area contributed by atoms with Gasteiger partial charge in [0.15, 0.2) is 0 Å². The zero-order valence-corrected chi connectivity index (χ0v) is 18.8. The number of carbonyl (C=O) groups is 2. The van der Waals surface area contributed by atoms with Crippen LogP contribution in [0.4, 0.5) is 5.69 Å². The summed E-state index contributed by atoms with van der Waals surface area (Å²) in [6.45, 7) is 5.26. The number of anilines is 1. The van der Waals surface area contributed by atoms with E-state index in [4.69, 9.17) is 0 Å². The van der Waals surface area contributed by atoms with Crippen molar-refractivity contribution in [1.29, 1.82) is 0 Å². The van der Waals surface area contributed by atoms with Crippen molar-refractivity contribution in [2.45, 2.75) is 37.4 Å². The van der Waals surface area contributed by atoms with E-state index >= 15 is 0 Å². The molecular formula is C21H27N3O4S2. The van der Waals surface area contributed by atoms with E-state index in [1.165, 1.54) is 15.6 Å². The van der Waals surface area contributed by atoms with Gasteiger partial charge < -0.3 is 10.2 Å². The smallest absolute Gasteiger partial charge is 0.252 e. The summed E-state index contributed by atoms with van der Waals surface area (Å²) < 4.78 is 27.0. The summed E-state index contributed by atoms with van der Waals surface area (Å²) in [5, 5.41) is 4.69. The number of thiophene rings is 1. The minimum atomic E-state index is -3.47. The van der Waals surface area contributed by atoms with E-state index in [-0.39, 0.29) is 17.7 Å². The number of hydrogen-bond donors (Lipinski definition) is 1. The van der Waals surface area contributed by atoms with E-state index in [1.807, 2.05) is 31.2 Å². The van der Waals surface area contributed by atoms with Gasteiger partial charge in [0.1, 0.15) is 4.21 Å². The quantitative estimate of drug-likeness (QED) is 0.703. The molecule has 2 amide bonds. The fraction of sp³-hybridized carbons (Fsp3) is 0.429. The van der Waals surface area contributed by atoms with Gasteiger partial charge in [0.05, 0.1) is 0 Å². The zero-order valence-electron chi connectivity index (χ0n) is 17.2. The summed E-state index contributed by atoms with van der Waals surface area (Å²) >= 11 is 1.21. The molecule has 0 saturated carbocycles. The van der Waals surface area contributed by atoms with Crippen LogP contribution < -0.4 is 5.32 Å². The molecule has 0 radical (unpaired) electrons. The molecule has 1 N–H and O–H groups in total. The molecule has 162 valence electrons. The van der Waals surface area contributed by atoms with Crippen LogP contribution in [0.5, 0.6) is 0 Å². The minimum Gasteiger partial charge on any atom is -0.339 e. The standard InChI is InChI=1S/C21H27N3O4S2/c1-3-23(16(2)25)15-17-6-4-7-19(14-17)22-21(26)18-9-11-24(12-10-18)30(27,28)20-8-5-13-29-20/h4-8,13-14,18H,3,9-12,15H2,1-2H3,(H,22,26). The number of nitrogens with zero attached hydrogens (tertiary/aromatic N) is 2. The Balaban J connectivity index is 1.57.